The van der Waals surface area contributed by atoms with Gasteiger partial charge < -0.3 is 9.47 Å². The van der Waals surface area contributed by atoms with Crippen molar-refractivity contribution < 1.29 is 22.1 Å². The average Bonchev–Trinajstić information content (AvgIpc) is 2.35. The van der Waals surface area contributed by atoms with Crippen molar-refractivity contribution >= 4 is 10.1 Å². The Morgan fingerprint density at radius 2 is 1.60 bits per heavy atom. The molecule has 5 nitrogen and oxygen atoms in total. The highest BCUT2D eigenvalue weighted by Gasteiger charge is 2.01. The minimum Gasteiger partial charge on any atom is -0.491 e. The Kier molecular flexibility index (Phi) is 6.54. The lowest BCUT2D eigenvalue weighted by Crippen LogP contribution is -2.11. The van der Waals surface area contributed by atoms with E-state index in [-0.39, 0.29) is 13.2 Å². The van der Waals surface area contributed by atoms with Gasteiger partial charge in [0, 0.05) is 0 Å². The smallest absolute Gasteiger partial charge is 0.264 e. The summed E-state index contributed by atoms with van der Waals surface area (Å²) < 4.78 is 36.9. The second-order valence-corrected chi connectivity index (χ2v) is 6.08. The van der Waals surface area contributed by atoms with Crippen molar-refractivity contribution in [3.05, 3.63) is 35.9 Å². The van der Waals surface area contributed by atoms with Crippen LogP contribution in [-0.2, 0) is 14.3 Å². The van der Waals surface area contributed by atoms with Gasteiger partial charge in [-0.15, -0.1) is 0 Å². The van der Waals surface area contributed by atoms with E-state index in [0.29, 0.717) is 12.4 Å². The summed E-state index contributed by atoms with van der Waals surface area (Å²) in [7, 11) is -3.41. The standard InChI is InChI=1S/C14H20O5S/c1-12(2)8-9-17-13-4-6-14(7-5-13)18-10-11-19-20(3,15)16/h4-8H,9-11H2,1-3H3. The zero-order valence-corrected chi connectivity index (χ0v) is 12.8. The minimum absolute atomic E-state index is 0.00233. The largest absolute Gasteiger partial charge is 0.491 e. The molecule has 0 heterocycles. The van der Waals surface area contributed by atoms with Crippen molar-refractivity contribution in [2.75, 3.05) is 26.1 Å². The van der Waals surface area contributed by atoms with Crippen molar-refractivity contribution in [3.63, 3.8) is 0 Å². The maximum Gasteiger partial charge on any atom is 0.264 e. The molecule has 0 spiro atoms. The van der Waals surface area contributed by atoms with Crippen LogP contribution in [0.25, 0.3) is 0 Å². The van der Waals surface area contributed by atoms with Crippen LogP contribution in [0.3, 0.4) is 0 Å². The molecule has 0 amide bonds. The van der Waals surface area contributed by atoms with E-state index in [1.165, 1.54) is 5.57 Å². The van der Waals surface area contributed by atoms with Gasteiger partial charge >= 0.3 is 0 Å². The molecule has 0 N–H and O–H groups in total. The van der Waals surface area contributed by atoms with Crippen molar-refractivity contribution in [2.45, 2.75) is 13.8 Å². The second-order valence-electron chi connectivity index (χ2n) is 4.44. The molecule has 0 unspecified atom stereocenters. The van der Waals surface area contributed by atoms with Crippen molar-refractivity contribution in [2.24, 2.45) is 0 Å². The Morgan fingerprint density at radius 1 is 1.05 bits per heavy atom. The van der Waals surface area contributed by atoms with Crippen LogP contribution in [0.2, 0.25) is 0 Å². The van der Waals surface area contributed by atoms with E-state index in [9.17, 15) is 8.42 Å². The minimum atomic E-state index is -3.41. The van der Waals surface area contributed by atoms with Crippen molar-refractivity contribution in [1.29, 1.82) is 0 Å². The molecule has 1 aromatic carbocycles. The van der Waals surface area contributed by atoms with E-state index >= 15 is 0 Å². The molecule has 1 aromatic rings. The van der Waals surface area contributed by atoms with Crippen LogP contribution in [0.5, 0.6) is 11.5 Å². The summed E-state index contributed by atoms with van der Waals surface area (Å²) >= 11 is 0. The van der Waals surface area contributed by atoms with Gasteiger partial charge in [0.05, 0.1) is 6.26 Å². The van der Waals surface area contributed by atoms with E-state index in [1.807, 2.05) is 19.9 Å². The van der Waals surface area contributed by atoms with E-state index in [4.69, 9.17) is 9.47 Å². The first kappa shape index (κ1) is 16.5. The first-order valence-corrected chi connectivity index (χ1v) is 8.02. The first-order valence-electron chi connectivity index (χ1n) is 6.20. The quantitative estimate of drug-likeness (QED) is 0.419. The van der Waals surface area contributed by atoms with Gasteiger partial charge in [0.15, 0.2) is 0 Å². The van der Waals surface area contributed by atoms with E-state index in [0.717, 1.165) is 12.0 Å². The van der Waals surface area contributed by atoms with Crippen molar-refractivity contribution in [1.82, 2.24) is 0 Å². The third-order valence-electron chi connectivity index (χ3n) is 2.21. The molecule has 0 atom stereocenters. The van der Waals surface area contributed by atoms with Crippen molar-refractivity contribution in [3.8, 4) is 11.5 Å². The normalized spacial score (nSPS) is 10.9. The molecule has 1 rings (SSSR count). The van der Waals surface area contributed by atoms with Crippen LogP contribution in [0.15, 0.2) is 35.9 Å². The number of rotatable bonds is 8. The van der Waals surface area contributed by atoms with Crippen LogP contribution in [0, 0.1) is 0 Å². The number of allylic oxidation sites excluding steroid dienone is 1. The first-order chi connectivity index (χ1) is 9.37. The molecule has 0 aliphatic heterocycles. The summed E-state index contributed by atoms with van der Waals surface area (Å²) in [5.74, 6) is 1.39. The van der Waals surface area contributed by atoms with Gasteiger partial charge in [0.2, 0.25) is 0 Å². The van der Waals surface area contributed by atoms with Crippen LogP contribution in [-0.4, -0.2) is 34.5 Å². The van der Waals surface area contributed by atoms with Gasteiger partial charge in [0.25, 0.3) is 10.1 Å². The van der Waals surface area contributed by atoms with Gasteiger partial charge in [-0.05, 0) is 44.2 Å². The Morgan fingerprint density at radius 3 is 2.10 bits per heavy atom. The molecule has 6 heteroatoms. The van der Waals surface area contributed by atoms with Gasteiger partial charge in [-0.2, -0.15) is 8.42 Å². The molecule has 0 saturated carbocycles. The summed E-state index contributed by atoms with van der Waals surface area (Å²) in [6, 6.07) is 7.12. The van der Waals surface area contributed by atoms with Gasteiger partial charge in [0.1, 0.15) is 31.3 Å². The topological polar surface area (TPSA) is 61.8 Å². The summed E-state index contributed by atoms with van der Waals surface area (Å²) in [4.78, 5) is 0. The summed E-state index contributed by atoms with van der Waals surface area (Å²) in [6.45, 7) is 4.73. The lowest BCUT2D eigenvalue weighted by molar-refractivity contribution is 0.222. The van der Waals surface area contributed by atoms with Crippen LogP contribution in [0.4, 0.5) is 0 Å². The fraction of sp³-hybridized carbons (Fsp3) is 0.429. The summed E-state index contributed by atoms with van der Waals surface area (Å²) in [6.07, 6.45) is 3.00. The Bertz CT molecular complexity index is 527. The third-order valence-corrected chi connectivity index (χ3v) is 2.81. The van der Waals surface area contributed by atoms with E-state index in [2.05, 4.69) is 4.18 Å². The van der Waals surface area contributed by atoms with Crippen LogP contribution in [0.1, 0.15) is 13.8 Å². The molecule has 112 valence electrons. The van der Waals surface area contributed by atoms with Crippen LogP contribution >= 0.6 is 0 Å². The zero-order chi connectivity index (χ0) is 15.0. The Labute approximate surface area is 120 Å². The number of ether oxygens (including phenoxy) is 2. The van der Waals surface area contributed by atoms with Gasteiger partial charge in [-0.25, -0.2) is 0 Å². The SMILES string of the molecule is CC(C)=CCOc1ccc(OCCOS(C)(=O)=O)cc1. The number of benzene rings is 1. The Hall–Kier alpha value is -1.53. The predicted molar refractivity (Wildman–Crippen MR) is 77.7 cm³/mol. The summed E-state index contributed by atoms with van der Waals surface area (Å²) in [5.41, 5.74) is 1.20. The highest BCUT2D eigenvalue weighted by atomic mass is 32.2. The monoisotopic (exact) mass is 300 g/mol. The van der Waals surface area contributed by atoms with E-state index < -0.39 is 10.1 Å². The molecule has 0 aliphatic rings. The average molecular weight is 300 g/mol. The lowest BCUT2D eigenvalue weighted by atomic mass is 10.3. The number of hydrogen-bond acceptors (Lipinski definition) is 5. The molecule has 0 aromatic heterocycles. The van der Waals surface area contributed by atoms with E-state index in [1.54, 1.807) is 24.3 Å². The zero-order valence-electron chi connectivity index (χ0n) is 12.0. The molecule has 0 bridgehead atoms. The molecule has 0 aliphatic carbocycles. The summed E-state index contributed by atoms with van der Waals surface area (Å²) in [5, 5.41) is 0. The van der Waals surface area contributed by atoms with Crippen LogP contribution < -0.4 is 9.47 Å². The maximum atomic E-state index is 10.7. The fourth-order valence-electron chi connectivity index (χ4n) is 1.28. The van der Waals surface area contributed by atoms with Gasteiger partial charge in [-0.3, -0.25) is 4.18 Å². The Balaban J connectivity index is 2.33. The lowest BCUT2D eigenvalue weighted by Gasteiger charge is -2.07. The predicted octanol–water partition coefficient (Wildman–Crippen LogP) is 2.39. The fourth-order valence-corrected chi connectivity index (χ4v) is 1.65. The maximum absolute atomic E-state index is 10.7. The second kappa shape index (κ2) is 7.91. The molecule has 0 radical (unpaired) electrons. The van der Waals surface area contributed by atoms with Gasteiger partial charge in [-0.1, -0.05) is 5.57 Å². The highest BCUT2D eigenvalue weighted by molar-refractivity contribution is 7.85. The molecule has 0 fully saturated rings. The highest BCUT2D eigenvalue weighted by Crippen LogP contribution is 2.17. The molecule has 0 saturated heterocycles. The molecular weight excluding hydrogens is 280 g/mol. The molecule has 20 heavy (non-hydrogen) atoms. The number of hydrogen-bond donors (Lipinski definition) is 0. The third kappa shape index (κ3) is 7.81. The molecular formula is C14H20O5S.